The number of hydrogen-bond donors (Lipinski definition) is 1. The third-order valence-electron chi connectivity index (χ3n) is 3.35. The molecule has 1 heterocycles. The number of carbonyl (C=O) groups is 1. The van der Waals surface area contributed by atoms with Crippen LogP contribution in [0.5, 0.6) is 0 Å². The second kappa shape index (κ2) is 5.30. The fraction of sp³-hybridized carbons (Fsp3) is 0.0588. The van der Waals surface area contributed by atoms with Crippen molar-refractivity contribution in [2.24, 2.45) is 0 Å². The van der Waals surface area contributed by atoms with E-state index in [9.17, 15) is 9.90 Å². The fourth-order valence-corrected chi connectivity index (χ4v) is 2.61. The van der Waals surface area contributed by atoms with Crippen molar-refractivity contribution in [3.05, 3.63) is 64.1 Å². The van der Waals surface area contributed by atoms with Crippen LogP contribution in [-0.2, 0) is 0 Å². The van der Waals surface area contributed by atoms with E-state index in [4.69, 9.17) is 0 Å². The Morgan fingerprint density at radius 3 is 2.48 bits per heavy atom. The van der Waals surface area contributed by atoms with Crippen LogP contribution in [0.1, 0.15) is 15.9 Å². The minimum atomic E-state index is -0.950. The van der Waals surface area contributed by atoms with E-state index >= 15 is 0 Å². The van der Waals surface area contributed by atoms with Crippen molar-refractivity contribution in [1.29, 1.82) is 0 Å². The number of aromatic nitrogens is 1. The van der Waals surface area contributed by atoms with Crippen molar-refractivity contribution < 1.29 is 9.90 Å². The number of fused-ring (bicyclic) bond motifs is 1. The number of nitrogens with zero attached hydrogens (tertiary/aromatic N) is 1. The van der Waals surface area contributed by atoms with Gasteiger partial charge in [0.05, 0.1) is 16.8 Å². The zero-order valence-corrected chi connectivity index (χ0v) is 12.9. The first kappa shape index (κ1) is 13.8. The van der Waals surface area contributed by atoms with Crippen LogP contribution >= 0.6 is 15.9 Å². The van der Waals surface area contributed by atoms with Gasteiger partial charge in [-0.25, -0.2) is 9.78 Å². The Labute approximate surface area is 130 Å². The fourth-order valence-electron chi connectivity index (χ4n) is 2.25. The van der Waals surface area contributed by atoms with E-state index in [1.165, 1.54) is 0 Å². The van der Waals surface area contributed by atoms with E-state index in [1.54, 1.807) is 12.1 Å². The van der Waals surface area contributed by atoms with Gasteiger partial charge in [-0.3, -0.25) is 0 Å². The number of hydrogen-bond acceptors (Lipinski definition) is 2. The summed E-state index contributed by atoms with van der Waals surface area (Å²) < 4.78 is 0.836. The molecule has 0 aliphatic carbocycles. The van der Waals surface area contributed by atoms with Gasteiger partial charge in [-0.15, -0.1) is 0 Å². The molecule has 0 saturated carbocycles. The van der Waals surface area contributed by atoms with Crippen molar-refractivity contribution >= 4 is 32.8 Å². The molecule has 3 aromatic rings. The molecule has 21 heavy (non-hydrogen) atoms. The van der Waals surface area contributed by atoms with Crippen molar-refractivity contribution in [2.75, 3.05) is 0 Å². The molecule has 0 amide bonds. The van der Waals surface area contributed by atoms with E-state index in [2.05, 4.69) is 20.9 Å². The Morgan fingerprint density at radius 2 is 1.81 bits per heavy atom. The van der Waals surface area contributed by atoms with Crippen LogP contribution in [0.3, 0.4) is 0 Å². The van der Waals surface area contributed by atoms with Crippen LogP contribution in [0.2, 0.25) is 0 Å². The molecule has 104 valence electrons. The number of pyridine rings is 1. The lowest BCUT2D eigenvalue weighted by Gasteiger charge is -2.08. The van der Waals surface area contributed by atoms with E-state index < -0.39 is 5.97 Å². The average Bonchev–Trinajstić information content (AvgIpc) is 2.46. The molecule has 0 radical (unpaired) electrons. The van der Waals surface area contributed by atoms with Gasteiger partial charge in [0.2, 0.25) is 0 Å². The van der Waals surface area contributed by atoms with Crippen molar-refractivity contribution in [3.63, 3.8) is 0 Å². The molecule has 3 rings (SSSR count). The molecule has 4 heteroatoms. The number of carboxylic acids is 1. The molecule has 0 saturated heterocycles. The van der Waals surface area contributed by atoms with Gasteiger partial charge in [-0.1, -0.05) is 45.8 Å². The largest absolute Gasteiger partial charge is 0.478 e. The highest BCUT2D eigenvalue weighted by atomic mass is 79.9. The molecule has 0 unspecified atom stereocenters. The first-order chi connectivity index (χ1) is 10.0. The summed E-state index contributed by atoms with van der Waals surface area (Å²) in [6.45, 7) is 2.01. The molecule has 2 aromatic carbocycles. The quantitative estimate of drug-likeness (QED) is 0.736. The predicted molar refractivity (Wildman–Crippen MR) is 86.6 cm³/mol. The average molecular weight is 342 g/mol. The van der Waals surface area contributed by atoms with Crippen molar-refractivity contribution in [3.8, 4) is 11.3 Å². The zero-order valence-electron chi connectivity index (χ0n) is 11.3. The summed E-state index contributed by atoms with van der Waals surface area (Å²) in [6, 6.07) is 15.0. The molecule has 0 atom stereocenters. The molecule has 0 bridgehead atoms. The van der Waals surface area contributed by atoms with Crippen LogP contribution in [0.4, 0.5) is 0 Å². The van der Waals surface area contributed by atoms with E-state index in [-0.39, 0.29) is 5.56 Å². The molecule has 1 N–H and O–H groups in total. The minimum Gasteiger partial charge on any atom is -0.478 e. The molecule has 3 nitrogen and oxygen atoms in total. The molecule has 0 aliphatic rings. The Bertz CT molecular complexity index is 841. The summed E-state index contributed by atoms with van der Waals surface area (Å²) in [6.07, 6.45) is 0. The monoisotopic (exact) mass is 341 g/mol. The second-order valence-corrected chi connectivity index (χ2v) is 5.80. The summed E-state index contributed by atoms with van der Waals surface area (Å²) >= 11 is 3.37. The number of aryl methyl sites for hydroxylation is 1. The van der Waals surface area contributed by atoms with Gasteiger partial charge in [0.25, 0.3) is 0 Å². The number of carboxylic acid groups (broad SMARTS) is 1. The molecule has 0 aliphatic heterocycles. The van der Waals surface area contributed by atoms with Crippen LogP contribution in [0, 0.1) is 6.92 Å². The molecule has 0 fully saturated rings. The lowest BCUT2D eigenvalue weighted by atomic mass is 10.0. The minimum absolute atomic E-state index is 0.261. The number of aromatic carboxylic acids is 1. The Kier molecular flexibility index (Phi) is 3.47. The zero-order chi connectivity index (χ0) is 15.0. The Balaban J connectivity index is 2.28. The second-order valence-electron chi connectivity index (χ2n) is 4.89. The smallest absolute Gasteiger partial charge is 0.336 e. The summed E-state index contributed by atoms with van der Waals surface area (Å²) in [4.78, 5) is 16.1. The van der Waals surface area contributed by atoms with Gasteiger partial charge in [-0.05, 0) is 31.2 Å². The highest BCUT2D eigenvalue weighted by Gasteiger charge is 2.13. The lowest BCUT2D eigenvalue weighted by Crippen LogP contribution is -2.00. The number of rotatable bonds is 2. The Hall–Kier alpha value is -2.20. The highest BCUT2D eigenvalue weighted by Crippen LogP contribution is 2.27. The maximum absolute atomic E-state index is 11.5. The third-order valence-corrected chi connectivity index (χ3v) is 3.84. The highest BCUT2D eigenvalue weighted by molar-refractivity contribution is 9.10. The van der Waals surface area contributed by atoms with Crippen molar-refractivity contribution in [1.82, 2.24) is 4.98 Å². The summed E-state index contributed by atoms with van der Waals surface area (Å²) in [7, 11) is 0. The van der Waals surface area contributed by atoms with Gasteiger partial charge in [-0.2, -0.15) is 0 Å². The predicted octanol–water partition coefficient (Wildman–Crippen LogP) is 4.67. The third kappa shape index (κ3) is 2.67. The first-order valence-electron chi connectivity index (χ1n) is 6.45. The van der Waals surface area contributed by atoms with Gasteiger partial charge in [0.1, 0.15) is 0 Å². The summed E-state index contributed by atoms with van der Waals surface area (Å²) in [5.74, 6) is -0.950. The van der Waals surface area contributed by atoms with Gasteiger partial charge in [0, 0.05) is 15.4 Å². The number of halogens is 1. The van der Waals surface area contributed by atoms with Crippen molar-refractivity contribution in [2.45, 2.75) is 6.92 Å². The number of benzene rings is 2. The summed E-state index contributed by atoms with van der Waals surface area (Å²) in [5.41, 5.74) is 3.67. The van der Waals surface area contributed by atoms with Gasteiger partial charge in [0.15, 0.2) is 0 Å². The molecular formula is C17H12BrNO2. The summed E-state index contributed by atoms with van der Waals surface area (Å²) in [5, 5.41) is 10.1. The lowest BCUT2D eigenvalue weighted by molar-refractivity contribution is 0.0699. The van der Waals surface area contributed by atoms with Crippen LogP contribution in [0.15, 0.2) is 53.0 Å². The van der Waals surface area contributed by atoms with Crippen LogP contribution < -0.4 is 0 Å². The van der Waals surface area contributed by atoms with Gasteiger partial charge < -0.3 is 5.11 Å². The standard InChI is InChI=1S/C17H12BrNO2/c1-10-2-4-11(5-3-10)16-9-14(17(20)21)13-8-12(18)6-7-15(13)19-16/h2-9H,1H3,(H,20,21). The molecule has 0 spiro atoms. The van der Waals surface area contributed by atoms with E-state index in [1.807, 2.05) is 43.3 Å². The van der Waals surface area contributed by atoms with E-state index in [0.717, 1.165) is 15.6 Å². The maximum atomic E-state index is 11.5. The van der Waals surface area contributed by atoms with E-state index in [0.29, 0.717) is 16.6 Å². The molecule has 1 aromatic heterocycles. The van der Waals surface area contributed by atoms with Gasteiger partial charge >= 0.3 is 5.97 Å². The normalized spacial score (nSPS) is 10.8. The van der Waals surface area contributed by atoms with Crippen LogP contribution in [-0.4, -0.2) is 16.1 Å². The van der Waals surface area contributed by atoms with Crippen LogP contribution in [0.25, 0.3) is 22.2 Å². The molecular weight excluding hydrogens is 330 g/mol. The SMILES string of the molecule is Cc1ccc(-c2cc(C(=O)O)c3cc(Br)ccc3n2)cc1. The Morgan fingerprint density at radius 1 is 1.10 bits per heavy atom. The topological polar surface area (TPSA) is 50.2 Å². The maximum Gasteiger partial charge on any atom is 0.336 e. The first-order valence-corrected chi connectivity index (χ1v) is 7.24.